The van der Waals surface area contributed by atoms with Crippen LogP contribution in [0.25, 0.3) is 11.2 Å². The van der Waals surface area contributed by atoms with Gasteiger partial charge in [0.05, 0.1) is 12.8 Å². The first-order chi connectivity index (χ1) is 17.0. The number of imidazole rings is 1. The fourth-order valence-corrected chi connectivity index (χ4v) is 4.09. The fourth-order valence-electron chi connectivity index (χ4n) is 4.09. The molecule has 1 saturated heterocycles. The van der Waals surface area contributed by atoms with Crippen LogP contribution >= 0.6 is 0 Å². The predicted molar refractivity (Wildman–Crippen MR) is 141 cm³/mol. The summed E-state index contributed by atoms with van der Waals surface area (Å²) in [5, 5.41) is 6.44. The molecule has 0 aliphatic carbocycles. The van der Waals surface area contributed by atoms with E-state index in [0.29, 0.717) is 12.2 Å². The van der Waals surface area contributed by atoms with Crippen LogP contribution in [0.4, 0.5) is 11.5 Å². The molecular formula is C28H33N5O2. The largest absolute Gasteiger partial charge is 0.496 e. The Hall–Kier alpha value is -3.87. The first-order valence-corrected chi connectivity index (χ1v) is 12.2. The third kappa shape index (κ3) is 5.62. The summed E-state index contributed by atoms with van der Waals surface area (Å²) in [7, 11) is 1.69. The lowest BCUT2D eigenvalue weighted by Crippen LogP contribution is -2.28. The first kappa shape index (κ1) is 24.3. The highest BCUT2D eigenvalue weighted by Crippen LogP contribution is 2.28. The molecule has 0 radical (unpaired) electrons. The van der Waals surface area contributed by atoms with Crippen LogP contribution in [0.1, 0.15) is 57.7 Å². The number of nitrogens with one attached hydrogen (secondary N) is 2. The Morgan fingerprint density at radius 2 is 2.14 bits per heavy atom. The van der Waals surface area contributed by atoms with Crippen LogP contribution in [0.3, 0.4) is 0 Å². The van der Waals surface area contributed by atoms with E-state index in [1.54, 1.807) is 13.3 Å². The summed E-state index contributed by atoms with van der Waals surface area (Å²) >= 11 is 0. The van der Waals surface area contributed by atoms with Crippen LogP contribution < -0.4 is 15.4 Å². The summed E-state index contributed by atoms with van der Waals surface area (Å²) in [5.41, 5.74) is 6.72. The second-order valence-corrected chi connectivity index (χ2v) is 8.63. The van der Waals surface area contributed by atoms with Gasteiger partial charge in [-0.05, 0) is 49.0 Å². The van der Waals surface area contributed by atoms with Gasteiger partial charge in [-0.3, -0.25) is 4.79 Å². The molecule has 1 fully saturated rings. The molecule has 0 atom stereocenters. The van der Waals surface area contributed by atoms with Crippen molar-refractivity contribution < 1.29 is 9.53 Å². The summed E-state index contributed by atoms with van der Waals surface area (Å²) in [6, 6.07) is 6.09. The van der Waals surface area contributed by atoms with Gasteiger partial charge in [0.1, 0.15) is 5.75 Å². The van der Waals surface area contributed by atoms with Gasteiger partial charge in [0.25, 0.3) is 0 Å². The molecule has 1 aliphatic rings. The summed E-state index contributed by atoms with van der Waals surface area (Å²) in [5.74, 6) is 1.60. The Balaban J connectivity index is 1.65. The van der Waals surface area contributed by atoms with Crippen LogP contribution in [0.2, 0.25) is 0 Å². The number of unbranched alkanes of at least 4 members (excludes halogenated alkanes) is 1. The molecule has 7 heteroatoms. The minimum Gasteiger partial charge on any atom is -0.496 e. The van der Waals surface area contributed by atoms with Crippen molar-refractivity contribution in [3.05, 3.63) is 77.5 Å². The van der Waals surface area contributed by atoms with Crippen molar-refractivity contribution in [2.45, 2.75) is 52.9 Å². The number of aryl methyl sites for hydroxylation is 1. The second kappa shape index (κ2) is 11.0. The Morgan fingerprint density at radius 1 is 1.29 bits per heavy atom. The smallest absolute Gasteiger partial charge is 0.224 e. The van der Waals surface area contributed by atoms with E-state index in [0.717, 1.165) is 70.9 Å². The third-order valence-corrected chi connectivity index (χ3v) is 6.12. The molecule has 3 heterocycles. The quantitative estimate of drug-likeness (QED) is 0.423. The van der Waals surface area contributed by atoms with Gasteiger partial charge >= 0.3 is 0 Å². The Bertz CT molecular complexity index is 1320. The van der Waals surface area contributed by atoms with Gasteiger partial charge in [-0.15, -0.1) is 0 Å². The molecule has 0 saturated carbocycles. The number of allylic oxidation sites excluding steroid dienone is 5. The number of anilines is 2. The molecule has 2 aromatic heterocycles. The van der Waals surface area contributed by atoms with Gasteiger partial charge in [-0.1, -0.05) is 44.6 Å². The topological polar surface area (TPSA) is 80.6 Å². The van der Waals surface area contributed by atoms with E-state index in [1.165, 1.54) is 0 Å². The molecule has 182 valence electrons. The monoisotopic (exact) mass is 471 g/mol. The van der Waals surface area contributed by atoms with E-state index in [4.69, 9.17) is 9.72 Å². The van der Waals surface area contributed by atoms with Crippen LogP contribution in [-0.4, -0.2) is 27.4 Å². The number of piperidine rings is 1. The number of aromatic nitrogens is 3. The average molecular weight is 472 g/mol. The van der Waals surface area contributed by atoms with E-state index in [-0.39, 0.29) is 5.91 Å². The molecule has 35 heavy (non-hydrogen) atoms. The average Bonchev–Trinajstić information content (AvgIpc) is 3.35. The van der Waals surface area contributed by atoms with Gasteiger partial charge in [-0.2, -0.15) is 0 Å². The Kier molecular flexibility index (Phi) is 7.65. The van der Waals surface area contributed by atoms with Crippen LogP contribution in [0.5, 0.6) is 5.75 Å². The van der Waals surface area contributed by atoms with E-state index in [9.17, 15) is 4.79 Å². The molecule has 1 aliphatic heterocycles. The molecule has 2 N–H and O–H groups in total. The van der Waals surface area contributed by atoms with Crippen LogP contribution in [-0.2, 0) is 11.2 Å². The summed E-state index contributed by atoms with van der Waals surface area (Å²) in [6.45, 7) is 6.28. The molecule has 7 nitrogen and oxygen atoms in total. The van der Waals surface area contributed by atoms with Crippen molar-refractivity contribution in [2.75, 3.05) is 12.4 Å². The number of hydrogen-bond acceptors (Lipinski definition) is 5. The fraction of sp³-hybridized carbons (Fsp3) is 0.321. The van der Waals surface area contributed by atoms with Gasteiger partial charge in [0.2, 0.25) is 5.91 Å². The maximum Gasteiger partial charge on any atom is 0.224 e. The van der Waals surface area contributed by atoms with Crippen molar-refractivity contribution in [1.29, 1.82) is 0 Å². The Morgan fingerprint density at radius 3 is 2.91 bits per heavy atom. The van der Waals surface area contributed by atoms with E-state index in [2.05, 4.69) is 53.8 Å². The number of rotatable bonds is 8. The lowest BCUT2D eigenvalue weighted by molar-refractivity contribution is -0.120. The zero-order valence-corrected chi connectivity index (χ0v) is 20.9. The number of hydrogen-bond donors (Lipinski definition) is 2. The van der Waals surface area contributed by atoms with E-state index in [1.807, 2.05) is 35.9 Å². The predicted octanol–water partition coefficient (Wildman–Crippen LogP) is 5.97. The number of carbonyl (C=O) groups is 1. The standard InChI is InChI=1S/C28H33N5O2/c1-5-7-8-23-21(12-14-26(34)31-23)10-9-19(3)24-18-33-16-15-29-28(33)27(32-24)30-22-13-11-20(6-2)25(17-22)35-4/h8-11,13,15-18H,5-7,12,14H2,1-4H3,(H,30,32)(H,31,34)/b19-9+,21-10-,23-8-. The van der Waals surface area contributed by atoms with Gasteiger partial charge in [-0.25, -0.2) is 9.97 Å². The minimum atomic E-state index is 0.0803. The number of methoxy groups -OCH3 is 1. The summed E-state index contributed by atoms with van der Waals surface area (Å²) in [6.07, 6.45) is 16.1. The third-order valence-electron chi connectivity index (χ3n) is 6.12. The molecule has 1 aromatic carbocycles. The highest BCUT2D eigenvalue weighted by molar-refractivity contribution is 5.81. The highest BCUT2D eigenvalue weighted by Gasteiger charge is 2.16. The number of benzene rings is 1. The molecule has 0 bridgehead atoms. The van der Waals surface area contributed by atoms with Crippen molar-refractivity contribution in [3.63, 3.8) is 0 Å². The molecule has 4 rings (SSSR count). The van der Waals surface area contributed by atoms with Crippen molar-refractivity contribution in [3.8, 4) is 5.75 Å². The number of ether oxygens (including phenoxy) is 1. The van der Waals surface area contributed by atoms with Gasteiger partial charge in [0.15, 0.2) is 11.5 Å². The normalized spacial score (nSPS) is 16.7. The number of amides is 1. The van der Waals surface area contributed by atoms with Crippen molar-refractivity contribution in [1.82, 2.24) is 19.7 Å². The maximum absolute atomic E-state index is 11.9. The SMILES string of the molecule is CCC\C=C1/NC(=O)CC/C1=C/C=C(\C)c1cn2ccnc2c(Nc2ccc(CC)c(OC)c2)n1. The van der Waals surface area contributed by atoms with Gasteiger partial charge in [0, 0.05) is 42.5 Å². The van der Waals surface area contributed by atoms with Crippen LogP contribution in [0, 0.1) is 0 Å². The lowest BCUT2D eigenvalue weighted by Gasteiger charge is -2.19. The molecule has 0 spiro atoms. The van der Waals surface area contributed by atoms with Gasteiger partial charge < -0.3 is 19.8 Å². The summed E-state index contributed by atoms with van der Waals surface area (Å²) in [4.78, 5) is 21.3. The minimum absolute atomic E-state index is 0.0803. The second-order valence-electron chi connectivity index (χ2n) is 8.63. The highest BCUT2D eigenvalue weighted by atomic mass is 16.5. The lowest BCUT2D eigenvalue weighted by atomic mass is 9.99. The van der Waals surface area contributed by atoms with Crippen molar-refractivity contribution in [2.24, 2.45) is 0 Å². The number of carbonyl (C=O) groups excluding carboxylic acids is 1. The molecular weight excluding hydrogens is 438 g/mol. The Labute approximate surface area is 206 Å². The van der Waals surface area contributed by atoms with E-state index < -0.39 is 0 Å². The first-order valence-electron chi connectivity index (χ1n) is 12.2. The molecule has 1 amide bonds. The van der Waals surface area contributed by atoms with E-state index >= 15 is 0 Å². The van der Waals surface area contributed by atoms with Crippen LogP contribution in [0.15, 0.2) is 66.3 Å². The number of nitrogens with zero attached hydrogens (tertiary/aromatic N) is 3. The molecule has 3 aromatic rings. The van der Waals surface area contributed by atoms with Crippen molar-refractivity contribution >= 4 is 28.6 Å². The summed E-state index contributed by atoms with van der Waals surface area (Å²) < 4.78 is 7.52. The zero-order chi connectivity index (χ0) is 24.8. The zero-order valence-electron chi connectivity index (χ0n) is 20.9. The number of fused-ring (bicyclic) bond motifs is 1. The maximum atomic E-state index is 11.9. The molecule has 0 unspecified atom stereocenters.